The maximum absolute atomic E-state index is 12.5. The van der Waals surface area contributed by atoms with E-state index in [9.17, 15) is 9.59 Å². The molecule has 0 aliphatic heterocycles. The van der Waals surface area contributed by atoms with Gasteiger partial charge in [-0.05, 0) is 31.2 Å². The van der Waals surface area contributed by atoms with Crippen molar-refractivity contribution in [3.63, 3.8) is 0 Å². The number of nitrogens with one attached hydrogen (secondary N) is 1. The van der Waals surface area contributed by atoms with E-state index in [0.717, 1.165) is 5.39 Å². The minimum atomic E-state index is -0.747. The number of carbonyl (C=O) groups excluding carboxylic acids is 2. The minimum Gasteiger partial charge on any atom is -0.450 e. The largest absolute Gasteiger partial charge is 0.450 e. The van der Waals surface area contributed by atoms with Gasteiger partial charge in [0.25, 0.3) is 5.91 Å². The molecular formula is C20H17Cl2NO5. The average molecular weight is 422 g/mol. The van der Waals surface area contributed by atoms with Crippen LogP contribution in [0, 0.1) is 0 Å². The van der Waals surface area contributed by atoms with E-state index in [1.54, 1.807) is 24.3 Å². The number of para-hydroxylation sites is 1. The molecule has 2 aromatic carbocycles. The number of furan rings is 1. The lowest BCUT2D eigenvalue weighted by molar-refractivity contribution is -0.119. The van der Waals surface area contributed by atoms with E-state index in [4.69, 9.17) is 37.1 Å². The van der Waals surface area contributed by atoms with Crippen LogP contribution in [0.5, 0.6) is 0 Å². The highest BCUT2D eigenvalue weighted by Crippen LogP contribution is 2.28. The van der Waals surface area contributed by atoms with Gasteiger partial charge >= 0.3 is 5.97 Å². The molecule has 0 aliphatic rings. The molecule has 8 heteroatoms. The molecule has 0 spiro atoms. The molecule has 6 nitrogen and oxygen atoms in total. The maximum Gasteiger partial charge on any atom is 0.375 e. The van der Waals surface area contributed by atoms with Gasteiger partial charge in [-0.3, -0.25) is 4.79 Å². The summed E-state index contributed by atoms with van der Waals surface area (Å²) in [5.41, 5.74) is 1.50. The van der Waals surface area contributed by atoms with Crippen LogP contribution in [0.15, 0.2) is 46.9 Å². The topological polar surface area (TPSA) is 77.8 Å². The predicted octanol–water partition coefficient (Wildman–Crippen LogP) is 5.07. The second-order valence-electron chi connectivity index (χ2n) is 5.79. The summed E-state index contributed by atoms with van der Waals surface area (Å²) in [4.78, 5) is 24.6. The van der Waals surface area contributed by atoms with E-state index in [-0.39, 0.29) is 17.4 Å². The Hall–Kier alpha value is -2.54. The van der Waals surface area contributed by atoms with E-state index in [1.165, 1.54) is 6.07 Å². The number of anilines is 1. The number of hydrogen-bond acceptors (Lipinski definition) is 5. The van der Waals surface area contributed by atoms with Gasteiger partial charge in [-0.1, -0.05) is 41.4 Å². The molecule has 146 valence electrons. The molecule has 0 unspecified atom stereocenters. The van der Waals surface area contributed by atoms with E-state index in [0.29, 0.717) is 28.5 Å². The summed E-state index contributed by atoms with van der Waals surface area (Å²) in [6.45, 7) is 2.04. The zero-order valence-electron chi connectivity index (χ0n) is 15.0. The van der Waals surface area contributed by atoms with Crippen LogP contribution in [0.25, 0.3) is 11.0 Å². The van der Waals surface area contributed by atoms with Crippen LogP contribution in [0.4, 0.5) is 5.69 Å². The molecule has 0 saturated heterocycles. The van der Waals surface area contributed by atoms with Gasteiger partial charge in [-0.2, -0.15) is 0 Å². The first-order valence-corrected chi connectivity index (χ1v) is 9.25. The van der Waals surface area contributed by atoms with E-state index in [2.05, 4.69) is 5.32 Å². The Labute approximate surface area is 171 Å². The van der Waals surface area contributed by atoms with Crippen LogP contribution in [0.3, 0.4) is 0 Å². The molecule has 1 aromatic heterocycles. The summed E-state index contributed by atoms with van der Waals surface area (Å²) in [5, 5.41) is 4.05. The third-order valence-electron chi connectivity index (χ3n) is 3.87. The second kappa shape index (κ2) is 9.10. The van der Waals surface area contributed by atoms with Gasteiger partial charge in [0.05, 0.1) is 17.3 Å². The Bertz CT molecular complexity index is 1010. The Morgan fingerprint density at radius 2 is 1.93 bits per heavy atom. The first-order chi connectivity index (χ1) is 13.5. The van der Waals surface area contributed by atoms with Gasteiger partial charge in [-0.15, -0.1) is 0 Å². The Balaban J connectivity index is 1.69. The van der Waals surface area contributed by atoms with Crippen molar-refractivity contribution >= 4 is 51.7 Å². The molecule has 1 N–H and O–H groups in total. The summed E-state index contributed by atoms with van der Waals surface area (Å²) in [6, 6.07) is 11.9. The van der Waals surface area contributed by atoms with Crippen molar-refractivity contribution in [1.29, 1.82) is 0 Å². The molecule has 0 aliphatic carbocycles. The number of carbonyl (C=O) groups is 2. The number of fused-ring (bicyclic) bond motifs is 1. The average Bonchev–Trinajstić information content (AvgIpc) is 3.05. The Morgan fingerprint density at radius 3 is 2.68 bits per heavy atom. The van der Waals surface area contributed by atoms with Gasteiger partial charge in [0.1, 0.15) is 5.58 Å². The number of rotatable bonds is 7. The smallest absolute Gasteiger partial charge is 0.375 e. The number of amides is 1. The number of benzene rings is 2. The van der Waals surface area contributed by atoms with Crippen molar-refractivity contribution in [1.82, 2.24) is 0 Å². The SMILES string of the molecule is CCOCc1c(C(=O)OCC(=O)Nc2ccc(Cl)cc2Cl)oc2ccccc12. The zero-order chi connectivity index (χ0) is 20.1. The third-order valence-corrected chi connectivity index (χ3v) is 4.42. The van der Waals surface area contributed by atoms with Gasteiger partial charge in [0, 0.05) is 22.6 Å². The first-order valence-electron chi connectivity index (χ1n) is 8.49. The normalized spacial score (nSPS) is 10.8. The maximum atomic E-state index is 12.5. The molecule has 0 saturated carbocycles. The van der Waals surface area contributed by atoms with Crippen LogP contribution in [-0.4, -0.2) is 25.1 Å². The quantitative estimate of drug-likeness (QED) is 0.538. The summed E-state index contributed by atoms with van der Waals surface area (Å²) in [5.74, 6) is -1.27. The molecule has 1 heterocycles. The monoisotopic (exact) mass is 421 g/mol. The molecule has 0 fully saturated rings. The molecular weight excluding hydrogens is 405 g/mol. The fraction of sp³-hybridized carbons (Fsp3) is 0.200. The lowest BCUT2D eigenvalue weighted by atomic mass is 10.1. The van der Waals surface area contributed by atoms with Crippen LogP contribution in [0.1, 0.15) is 23.0 Å². The minimum absolute atomic E-state index is 0.0203. The molecule has 3 rings (SSSR count). The Kier molecular flexibility index (Phi) is 6.57. The summed E-state index contributed by atoms with van der Waals surface area (Å²) in [7, 11) is 0. The second-order valence-corrected chi connectivity index (χ2v) is 6.64. The summed E-state index contributed by atoms with van der Waals surface area (Å²) in [6.07, 6.45) is 0. The van der Waals surface area contributed by atoms with Crippen molar-refractivity contribution in [2.75, 3.05) is 18.5 Å². The van der Waals surface area contributed by atoms with Crippen LogP contribution in [-0.2, 0) is 20.9 Å². The first kappa shape index (κ1) is 20.2. The number of halogens is 2. The van der Waals surface area contributed by atoms with Gasteiger partial charge < -0.3 is 19.2 Å². The summed E-state index contributed by atoms with van der Waals surface area (Å²) < 4.78 is 16.2. The Morgan fingerprint density at radius 1 is 1.14 bits per heavy atom. The van der Waals surface area contributed by atoms with E-state index < -0.39 is 18.5 Å². The van der Waals surface area contributed by atoms with Crippen molar-refractivity contribution in [3.8, 4) is 0 Å². The highest BCUT2D eigenvalue weighted by molar-refractivity contribution is 6.36. The molecule has 0 radical (unpaired) electrons. The molecule has 28 heavy (non-hydrogen) atoms. The predicted molar refractivity (Wildman–Crippen MR) is 107 cm³/mol. The number of hydrogen-bond donors (Lipinski definition) is 1. The fourth-order valence-corrected chi connectivity index (χ4v) is 3.04. The van der Waals surface area contributed by atoms with Crippen molar-refractivity contribution in [2.24, 2.45) is 0 Å². The highest BCUT2D eigenvalue weighted by atomic mass is 35.5. The van der Waals surface area contributed by atoms with E-state index >= 15 is 0 Å². The fourth-order valence-electron chi connectivity index (χ4n) is 2.58. The lowest BCUT2D eigenvalue weighted by Gasteiger charge is -2.08. The van der Waals surface area contributed by atoms with Gasteiger partial charge in [0.2, 0.25) is 5.76 Å². The van der Waals surface area contributed by atoms with Crippen molar-refractivity contribution in [3.05, 3.63) is 63.8 Å². The molecule has 1 amide bonds. The molecule has 0 atom stereocenters. The number of esters is 1. The summed E-state index contributed by atoms with van der Waals surface area (Å²) >= 11 is 11.8. The highest BCUT2D eigenvalue weighted by Gasteiger charge is 2.22. The van der Waals surface area contributed by atoms with Crippen molar-refractivity contribution < 1.29 is 23.5 Å². The van der Waals surface area contributed by atoms with Gasteiger partial charge in [0.15, 0.2) is 6.61 Å². The third kappa shape index (κ3) is 4.65. The standard InChI is InChI=1S/C20H17Cl2NO5/c1-2-26-10-14-13-5-3-4-6-17(13)28-19(14)20(25)27-11-18(24)23-16-8-7-12(21)9-15(16)22/h3-9H,2,10-11H2,1H3,(H,23,24). The molecule has 3 aromatic rings. The lowest BCUT2D eigenvalue weighted by Crippen LogP contribution is -2.21. The van der Waals surface area contributed by atoms with E-state index in [1.807, 2.05) is 19.1 Å². The van der Waals surface area contributed by atoms with Crippen LogP contribution < -0.4 is 5.32 Å². The van der Waals surface area contributed by atoms with Gasteiger partial charge in [-0.25, -0.2) is 4.79 Å². The van der Waals surface area contributed by atoms with Crippen LogP contribution in [0.2, 0.25) is 10.0 Å². The van der Waals surface area contributed by atoms with Crippen LogP contribution >= 0.6 is 23.2 Å². The molecule has 0 bridgehead atoms. The zero-order valence-corrected chi connectivity index (χ0v) is 16.5. The number of ether oxygens (including phenoxy) is 2. The van der Waals surface area contributed by atoms with Crippen molar-refractivity contribution in [2.45, 2.75) is 13.5 Å².